The van der Waals surface area contributed by atoms with Gasteiger partial charge in [0.15, 0.2) is 0 Å². The largest absolute Gasteiger partial charge is 0.487 e. The summed E-state index contributed by atoms with van der Waals surface area (Å²) < 4.78 is 6.92. The molecule has 2 aromatic carbocycles. The van der Waals surface area contributed by atoms with Crippen LogP contribution < -0.4 is 4.74 Å². The Morgan fingerprint density at radius 3 is 2.74 bits per heavy atom. The van der Waals surface area contributed by atoms with Crippen LogP contribution in [-0.4, -0.2) is 4.98 Å². The zero-order chi connectivity index (χ0) is 13.1. The van der Waals surface area contributed by atoms with Gasteiger partial charge in [0, 0.05) is 8.96 Å². The summed E-state index contributed by atoms with van der Waals surface area (Å²) in [7, 11) is 0. The fraction of sp³-hybridized carbons (Fsp3) is 0.0625. The summed E-state index contributed by atoms with van der Waals surface area (Å²) in [6.45, 7) is 0.491. The molecule has 94 valence electrons. The average Bonchev–Trinajstić information content (AvgIpc) is 2.45. The van der Waals surface area contributed by atoms with Gasteiger partial charge >= 0.3 is 0 Å². The molecular weight excluding hydrogens is 349 g/mol. The van der Waals surface area contributed by atoms with Gasteiger partial charge in [0.05, 0.1) is 11.2 Å². The number of halogens is 1. The summed E-state index contributed by atoms with van der Waals surface area (Å²) in [5.74, 6) is 0.877. The van der Waals surface area contributed by atoms with Gasteiger partial charge < -0.3 is 4.74 Å². The van der Waals surface area contributed by atoms with E-state index in [0.717, 1.165) is 22.3 Å². The van der Waals surface area contributed by atoms with E-state index >= 15 is 0 Å². The summed E-state index contributed by atoms with van der Waals surface area (Å²) in [5.41, 5.74) is 1.95. The number of ether oxygens (including phenoxy) is 1. The zero-order valence-corrected chi connectivity index (χ0v) is 12.4. The maximum absolute atomic E-state index is 5.75. The highest BCUT2D eigenvalue weighted by Gasteiger charge is 2.00. The van der Waals surface area contributed by atoms with Crippen LogP contribution in [-0.2, 0) is 6.61 Å². The van der Waals surface area contributed by atoms with Gasteiger partial charge in [-0.05, 0) is 52.9 Å². The van der Waals surface area contributed by atoms with Crippen molar-refractivity contribution in [3.05, 3.63) is 69.9 Å². The highest BCUT2D eigenvalue weighted by molar-refractivity contribution is 14.1. The Hall–Kier alpha value is -1.62. The number of rotatable bonds is 3. The quantitative estimate of drug-likeness (QED) is 0.645. The van der Waals surface area contributed by atoms with Crippen LogP contribution in [0.2, 0.25) is 0 Å². The maximum Gasteiger partial charge on any atom is 0.130 e. The molecule has 2 nitrogen and oxygen atoms in total. The molecule has 0 unspecified atom stereocenters. The third kappa shape index (κ3) is 3.04. The van der Waals surface area contributed by atoms with Gasteiger partial charge in [-0.2, -0.15) is 0 Å². The molecule has 0 bridgehead atoms. The molecule has 3 heteroatoms. The number of para-hydroxylation sites is 1. The first-order valence-electron chi connectivity index (χ1n) is 6.04. The molecule has 0 radical (unpaired) electrons. The Kier molecular flexibility index (Phi) is 3.64. The van der Waals surface area contributed by atoms with Crippen molar-refractivity contribution in [2.75, 3.05) is 0 Å². The maximum atomic E-state index is 5.75. The third-order valence-corrected chi connectivity index (χ3v) is 3.51. The number of nitrogens with zero attached hydrogens (tertiary/aromatic N) is 1. The molecule has 1 heterocycles. The van der Waals surface area contributed by atoms with Gasteiger partial charge in [0.1, 0.15) is 12.4 Å². The molecule has 0 aliphatic carbocycles. The van der Waals surface area contributed by atoms with E-state index in [-0.39, 0.29) is 0 Å². The van der Waals surface area contributed by atoms with Gasteiger partial charge in [-0.3, -0.25) is 0 Å². The minimum absolute atomic E-state index is 0.491. The Bertz CT molecular complexity index is 712. The van der Waals surface area contributed by atoms with E-state index < -0.39 is 0 Å². The first-order valence-corrected chi connectivity index (χ1v) is 7.12. The topological polar surface area (TPSA) is 22.1 Å². The van der Waals surface area contributed by atoms with Crippen LogP contribution in [0.5, 0.6) is 5.75 Å². The van der Waals surface area contributed by atoms with Crippen LogP contribution in [0.25, 0.3) is 10.9 Å². The first-order chi connectivity index (χ1) is 9.31. The average molecular weight is 361 g/mol. The summed E-state index contributed by atoms with van der Waals surface area (Å²) in [4.78, 5) is 4.59. The summed E-state index contributed by atoms with van der Waals surface area (Å²) in [6, 6.07) is 20.2. The van der Waals surface area contributed by atoms with E-state index in [1.54, 1.807) is 0 Å². The second kappa shape index (κ2) is 5.57. The molecule has 0 N–H and O–H groups in total. The predicted molar refractivity (Wildman–Crippen MR) is 85.2 cm³/mol. The molecule has 0 atom stereocenters. The van der Waals surface area contributed by atoms with Crippen molar-refractivity contribution in [3.8, 4) is 5.75 Å². The van der Waals surface area contributed by atoms with Crippen molar-refractivity contribution in [2.24, 2.45) is 0 Å². The van der Waals surface area contributed by atoms with E-state index in [4.69, 9.17) is 4.74 Å². The lowest BCUT2D eigenvalue weighted by molar-refractivity contribution is 0.301. The van der Waals surface area contributed by atoms with Crippen LogP contribution >= 0.6 is 22.6 Å². The van der Waals surface area contributed by atoms with Crippen molar-refractivity contribution in [1.82, 2.24) is 4.98 Å². The number of fused-ring (bicyclic) bond motifs is 1. The van der Waals surface area contributed by atoms with Crippen molar-refractivity contribution >= 4 is 33.5 Å². The van der Waals surface area contributed by atoms with Crippen LogP contribution in [0.1, 0.15) is 5.69 Å². The molecule has 0 fully saturated rings. The van der Waals surface area contributed by atoms with E-state index in [1.807, 2.05) is 48.5 Å². The van der Waals surface area contributed by atoms with Crippen molar-refractivity contribution in [1.29, 1.82) is 0 Å². The van der Waals surface area contributed by atoms with Crippen molar-refractivity contribution < 1.29 is 4.74 Å². The number of hydrogen-bond acceptors (Lipinski definition) is 2. The van der Waals surface area contributed by atoms with Gasteiger partial charge in [-0.25, -0.2) is 4.98 Å². The predicted octanol–water partition coefficient (Wildman–Crippen LogP) is 4.42. The number of benzene rings is 2. The summed E-state index contributed by atoms with van der Waals surface area (Å²) >= 11 is 2.28. The van der Waals surface area contributed by atoms with Gasteiger partial charge in [0.25, 0.3) is 0 Å². The standard InChI is InChI=1S/C16H12INO/c17-13-5-3-6-15(10-13)19-11-14-9-8-12-4-1-2-7-16(12)18-14/h1-10H,11H2. The Labute approximate surface area is 125 Å². The zero-order valence-electron chi connectivity index (χ0n) is 10.2. The van der Waals surface area contributed by atoms with Crippen LogP contribution in [0.3, 0.4) is 0 Å². The molecule has 0 aliphatic heterocycles. The van der Waals surface area contributed by atoms with Crippen molar-refractivity contribution in [2.45, 2.75) is 6.61 Å². The Morgan fingerprint density at radius 2 is 1.84 bits per heavy atom. The fourth-order valence-corrected chi connectivity index (χ4v) is 2.42. The van der Waals surface area contributed by atoms with Crippen LogP contribution in [0.4, 0.5) is 0 Å². The van der Waals surface area contributed by atoms with Gasteiger partial charge in [-0.15, -0.1) is 0 Å². The highest BCUT2D eigenvalue weighted by atomic mass is 127. The SMILES string of the molecule is Ic1cccc(OCc2ccc3ccccc3n2)c1. The van der Waals surface area contributed by atoms with Gasteiger partial charge in [0.2, 0.25) is 0 Å². The van der Waals surface area contributed by atoms with E-state index in [1.165, 1.54) is 3.57 Å². The minimum atomic E-state index is 0.491. The highest BCUT2D eigenvalue weighted by Crippen LogP contribution is 2.17. The minimum Gasteiger partial charge on any atom is -0.487 e. The van der Waals surface area contributed by atoms with Crippen LogP contribution in [0.15, 0.2) is 60.7 Å². The monoisotopic (exact) mass is 361 g/mol. The van der Waals surface area contributed by atoms with Gasteiger partial charge in [-0.1, -0.05) is 30.3 Å². The number of hydrogen-bond donors (Lipinski definition) is 0. The molecule has 0 saturated heterocycles. The smallest absolute Gasteiger partial charge is 0.130 e. The lowest BCUT2D eigenvalue weighted by Gasteiger charge is -2.07. The lowest BCUT2D eigenvalue weighted by atomic mass is 10.2. The molecule has 0 saturated carbocycles. The van der Waals surface area contributed by atoms with Crippen molar-refractivity contribution in [3.63, 3.8) is 0 Å². The normalized spacial score (nSPS) is 10.6. The molecule has 0 aliphatic rings. The third-order valence-electron chi connectivity index (χ3n) is 2.84. The molecule has 3 rings (SSSR count). The lowest BCUT2D eigenvalue weighted by Crippen LogP contribution is -1.98. The summed E-state index contributed by atoms with van der Waals surface area (Å²) in [6.07, 6.45) is 0. The molecule has 3 aromatic rings. The molecule has 0 amide bonds. The molecular formula is C16H12INO. The fourth-order valence-electron chi connectivity index (χ4n) is 1.90. The van der Waals surface area contributed by atoms with E-state index in [9.17, 15) is 0 Å². The summed E-state index contributed by atoms with van der Waals surface area (Å²) in [5, 5.41) is 1.15. The molecule has 0 spiro atoms. The second-order valence-corrected chi connectivity index (χ2v) is 5.49. The number of pyridine rings is 1. The Morgan fingerprint density at radius 1 is 0.947 bits per heavy atom. The first kappa shape index (κ1) is 12.4. The number of aromatic nitrogens is 1. The Balaban J connectivity index is 1.78. The molecule has 1 aromatic heterocycles. The second-order valence-electron chi connectivity index (χ2n) is 4.24. The van der Waals surface area contributed by atoms with Crippen LogP contribution in [0, 0.1) is 3.57 Å². The van der Waals surface area contributed by atoms with E-state index in [2.05, 4.69) is 39.7 Å². The molecule has 19 heavy (non-hydrogen) atoms. The van der Waals surface area contributed by atoms with E-state index in [0.29, 0.717) is 6.61 Å².